The molecule has 0 unspecified atom stereocenters. The number of allylic oxidation sites excluding steroid dienone is 3. The van der Waals surface area contributed by atoms with E-state index in [2.05, 4.69) is 4.72 Å². The van der Waals surface area contributed by atoms with Crippen molar-refractivity contribution in [1.29, 1.82) is 0 Å². The van der Waals surface area contributed by atoms with Gasteiger partial charge < -0.3 is 0 Å². The highest BCUT2D eigenvalue weighted by Crippen LogP contribution is 2.43. The Kier molecular flexibility index (Phi) is 2.77. The van der Waals surface area contributed by atoms with E-state index in [4.69, 9.17) is 0 Å². The Labute approximate surface area is 98.3 Å². The fraction of sp³-hybridized carbons (Fsp3) is 0.250. The molecular weight excluding hydrogens is 270 g/mol. The van der Waals surface area contributed by atoms with Crippen LogP contribution in [-0.4, -0.2) is 28.5 Å². The molecule has 0 aromatic rings. The Balaban J connectivity index is 2.46. The minimum atomic E-state index is -3.57. The summed E-state index contributed by atoms with van der Waals surface area (Å²) in [6.45, 7) is 0. The van der Waals surface area contributed by atoms with Crippen LogP contribution in [0.3, 0.4) is 0 Å². The molecule has 0 aliphatic carbocycles. The lowest BCUT2D eigenvalue weighted by Crippen LogP contribution is -2.20. The quantitative estimate of drug-likeness (QED) is 0.787. The molecule has 0 aromatic heterocycles. The van der Waals surface area contributed by atoms with Crippen molar-refractivity contribution in [2.45, 2.75) is 4.58 Å². The normalized spacial score (nSPS) is 27.2. The Hall–Kier alpha value is -0.570. The summed E-state index contributed by atoms with van der Waals surface area (Å²) in [6.07, 6.45) is 4.41. The molecule has 1 atom stereocenters. The smallest absolute Gasteiger partial charge is 0.223 e. The van der Waals surface area contributed by atoms with Gasteiger partial charge in [0.05, 0.1) is 0 Å². The van der Waals surface area contributed by atoms with Crippen LogP contribution >= 0.6 is 11.8 Å². The van der Waals surface area contributed by atoms with Gasteiger partial charge in [-0.05, 0) is 18.7 Å². The molecule has 5 nitrogen and oxygen atoms in total. The molecule has 16 heavy (non-hydrogen) atoms. The van der Waals surface area contributed by atoms with Gasteiger partial charge in [0.1, 0.15) is 8.82 Å². The third-order valence-electron chi connectivity index (χ3n) is 2.17. The maximum atomic E-state index is 11.6. The van der Waals surface area contributed by atoms with Crippen molar-refractivity contribution in [2.24, 2.45) is 0 Å². The fourth-order valence-electron chi connectivity index (χ4n) is 1.37. The van der Waals surface area contributed by atoms with E-state index in [1.807, 2.05) is 0 Å². The number of fused-ring (bicyclic) bond motifs is 1. The summed E-state index contributed by atoms with van der Waals surface area (Å²) in [5, 5.41) is 1.09. The number of sulfonamides is 1. The van der Waals surface area contributed by atoms with Crippen LogP contribution in [0.2, 0.25) is 0 Å². The Morgan fingerprint density at radius 1 is 1.44 bits per heavy atom. The minimum Gasteiger partial charge on any atom is -0.223 e. The molecule has 2 aliphatic rings. The van der Waals surface area contributed by atoms with Crippen LogP contribution in [0, 0.1) is 0 Å². The van der Waals surface area contributed by atoms with Crippen LogP contribution in [0.5, 0.6) is 0 Å². The molecule has 0 bridgehead atoms. The fourth-order valence-corrected chi connectivity index (χ4v) is 5.79. The molecule has 0 saturated heterocycles. The molecule has 0 fully saturated rings. The number of sulfone groups is 1. The maximum Gasteiger partial charge on any atom is 0.246 e. The van der Waals surface area contributed by atoms with Gasteiger partial charge in [0.15, 0.2) is 9.84 Å². The highest BCUT2D eigenvalue weighted by molar-refractivity contribution is 8.25. The van der Waals surface area contributed by atoms with Crippen LogP contribution in [0.25, 0.3) is 0 Å². The van der Waals surface area contributed by atoms with E-state index in [0.717, 1.165) is 17.2 Å². The highest BCUT2D eigenvalue weighted by atomic mass is 32.3. The first-order chi connectivity index (χ1) is 7.37. The molecule has 0 saturated carbocycles. The summed E-state index contributed by atoms with van der Waals surface area (Å²) in [4.78, 5) is 0. The van der Waals surface area contributed by atoms with E-state index in [9.17, 15) is 16.8 Å². The van der Waals surface area contributed by atoms with Crippen LogP contribution in [-0.2, 0) is 19.9 Å². The van der Waals surface area contributed by atoms with Crippen LogP contribution < -0.4 is 4.72 Å². The molecular formula is C8H9NO4S3. The van der Waals surface area contributed by atoms with E-state index in [0.29, 0.717) is 5.57 Å². The number of nitrogens with one attached hydrogen (secondary N) is 1. The Bertz CT molecular complexity index is 610. The SMILES string of the molecule is CNS(=O)(=O)C1=CC2=CC=CS(=O)(=O)[C@@H]2S1. The Morgan fingerprint density at radius 3 is 2.69 bits per heavy atom. The zero-order valence-corrected chi connectivity index (χ0v) is 10.7. The van der Waals surface area contributed by atoms with E-state index in [1.54, 1.807) is 6.08 Å². The van der Waals surface area contributed by atoms with Gasteiger partial charge in [0, 0.05) is 5.41 Å². The predicted octanol–water partition coefficient (Wildman–Crippen LogP) is 0.318. The molecule has 1 N–H and O–H groups in total. The first-order valence-electron chi connectivity index (χ1n) is 4.31. The molecule has 0 amide bonds. The molecule has 0 aromatic carbocycles. The van der Waals surface area contributed by atoms with Crippen molar-refractivity contribution in [2.75, 3.05) is 7.05 Å². The zero-order valence-electron chi connectivity index (χ0n) is 8.24. The molecule has 88 valence electrons. The molecule has 0 radical (unpaired) electrons. The monoisotopic (exact) mass is 279 g/mol. The summed E-state index contributed by atoms with van der Waals surface area (Å²) in [7, 11) is -5.67. The number of hydrogen-bond donors (Lipinski definition) is 1. The second-order valence-corrected chi connectivity index (χ2v) is 8.69. The molecule has 2 rings (SSSR count). The molecule has 2 aliphatic heterocycles. The van der Waals surface area contributed by atoms with Crippen molar-refractivity contribution < 1.29 is 16.8 Å². The van der Waals surface area contributed by atoms with Gasteiger partial charge in [-0.15, -0.1) is 0 Å². The third kappa shape index (κ3) is 1.86. The summed E-state index contributed by atoms with van der Waals surface area (Å²) in [5.41, 5.74) is 0.501. The van der Waals surface area contributed by atoms with Crippen LogP contribution in [0.1, 0.15) is 0 Å². The van der Waals surface area contributed by atoms with Gasteiger partial charge >= 0.3 is 0 Å². The average Bonchev–Trinajstić information content (AvgIpc) is 2.63. The minimum absolute atomic E-state index is 0.0403. The first-order valence-corrected chi connectivity index (χ1v) is 8.28. The Morgan fingerprint density at radius 2 is 2.12 bits per heavy atom. The van der Waals surface area contributed by atoms with Crippen LogP contribution in [0.4, 0.5) is 0 Å². The molecule has 8 heteroatoms. The first kappa shape index (κ1) is 11.9. The lowest BCUT2D eigenvalue weighted by molar-refractivity contribution is 0.596. The van der Waals surface area contributed by atoms with Crippen LogP contribution in [0.15, 0.2) is 33.4 Å². The van der Waals surface area contributed by atoms with Gasteiger partial charge in [0.25, 0.3) is 0 Å². The number of thioether (sulfide) groups is 1. The van der Waals surface area contributed by atoms with Crippen molar-refractivity contribution in [3.05, 3.63) is 33.4 Å². The summed E-state index contributed by atoms with van der Waals surface area (Å²) in [6, 6.07) is 0. The maximum absolute atomic E-state index is 11.6. The summed E-state index contributed by atoms with van der Waals surface area (Å²) < 4.78 is 47.7. The van der Waals surface area contributed by atoms with E-state index in [1.165, 1.54) is 19.2 Å². The van der Waals surface area contributed by atoms with Gasteiger partial charge in [-0.2, -0.15) is 0 Å². The summed E-state index contributed by atoms with van der Waals surface area (Å²) >= 11 is 0.836. The van der Waals surface area contributed by atoms with E-state index < -0.39 is 24.4 Å². The largest absolute Gasteiger partial charge is 0.246 e. The van der Waals surface area contributed by atoms with Gasteiger partial charge in [-0.1, -0.05) is 23.9 Å². The van der Waals surface area contributed by atoms with Crippen molar-refractivity contribution >= 4 is 31.6 Å². The van der Waals surface area contributed by atoms with E-state index in [-0.39, 0.29) is 4.24 Å². The van der Waals surface area contributed by atoms with E-state index >= 15 is 0 Å². The van der Waals surface area contributed by atoms with Crippen molar-refractivity contribution in [1.82, 2.24) is 4.72 Å². The van der Waals surface area contributed by atoms with Crippen molar-refractivity contribution in [3.63, 3.8) is 0 Å². The van der Waals surface area contributed by atoms with Gasteiger partial charge in [-0.25, -0.2) is 21.6 Å². The third-order valence-corrected chi connectivity index (χ3v) is 7.64. The lowest BCUT2D eigenvalue weighted by Gasteiger charge is -2.12. The second kappa shape index (κ2) is 3.73. The molecule has 2 heterocycles. The highest BCUT2D eigenvalue weighted by Gasteiger charge is 2.38. The standard InChI is InChI=1S/C8H9NO4S3/c1-9-16(12,13)7-5-6-3-2-4-15(10,11)8(6)14-7/h2-5,8-9H,1H3/t8-/m0/s1. The van der Waals surface area contributed by atoms with Gasteiger partial charge in [0.2, 0.25) is 10.0 Å². The average molecular weight is 279 g/mol. The lowest BCUT2D eigenvalue weighted by atomic mass is 10.3. The predicted molar refractivity (Wildman–Crippen MR) is 63.6 cm³/mol. The molecule has 0 spiro atoms. The van der Waals surface area contributed by atoms with Crippen molar-refractivity contribution in [3.8, 4) is 0 Å². The number of rotatable bonds is 2. The second-order valence-electron chi connectivity index (χ2n) is 3.20. The van der Waals surface area contributed by atoms with Gasteiger partial charge in [-0.3, -0.25) is 0 Å². The topological polar surface area (TPSA) is 80.3 Å². The number of hydrogen-bond acceptors (Lipinski definition) is 5. The zero-order chi connectivity index (χ0) is 12.0. The summed E-state index contributed by atoms with van der Waals surface area (Å²) in [5.74, 6) is 0.